The molecule has 0 saturated carbocycles. The predicted octanol–water partition coefficient (Wildman–Crippen LogP) is 1.65. The Hall–Kier alpha value is -2.15. The van der Waals surface area contributed by atoms with Crippen LogP contribution in [0.4, 0.5) is 10.1 Å². The maximum absolute atomic E-state index is 13.9. The van der Waals surface area contributed by atoms with Gasteiger partial charge in [0.25, 0.3) is 0 Å². The number of nitrogens with one attached hydrogen (secondary N) is 1. The number of rotatable bonds is 7. The van der Waals surface area contributed by atoms with E-state index in [0.29, 0.717) is 38.3 Å². The van der Waals surface area contributed by atoms with E-state index in [9.17, 15) is 14.0 Å². The summed E-state index contributed by atoms with van der Waals surface area (Å²) in [7, 11) is 1.32. The zero-order valence-corrected chi connectivity index (χ0v) is 15.7. The Bertz CT molecular complexity index is 616. The second-order valence-corrected chi connectivity index (χ2v) is 6.99. The summed E-state index contributed by atoms with van der Waals surface area (Å²) in [4.78, 5) is 28.1. The van der Waals surface area contributed by atoms with E-state index < -0.39 is 12.0 Å². The lowest BCUT2D eigenvalue weighted by Crippen LogP contribution is -2.52. The van der Waals surface area contributed by atoms with Gasteiger partial charge in [0.1, 0.15) is 11.9 Å². The van der Waals surface area contributed by atoms with E-state index in [2.05, 4.69) is 5.32 Å². The number of nitrogens with zero attached hydrogens (tertiary/aromatic N) is 2. The Morgan fingerprint density at radius 1 is 1.19 bits per heavy atom. The van der Waals surface area contributed by atoms with Crippen molar-refractivity contribution in [2.24, 2.45) is 5.92 Å². The highest BCUT2D eigenvalue weighted by molar-refractivity contribution is 5.85. The molecule has 0 spiro atoms. The summed E-state index contributed by atoms with van der Waals surface area (Å²) in [5.74, 6) is -0.575. The van der Waals surface area contributed by atoms with Crippen LogP contribution in [0.3, 0.4) is 0 Å². The van der Waals surface area contributed by atoms with Gasteiger partial charge in [0.2, 0.25) is 5.91 Å². The predicted molar refractivity (Wildman–Crippen MR) is 98.5 cm³/mol. The second kappa shape index (κ2) is 9.52. The SMILES string of the molecule is COC(=O)C(CC(C)C)NC(=O)CN1CCN(c2ccccc2F)CC1. The normalized spacial score (nSPS) is 16.4. The number of anilines is 1. The molecule has 1 aliphatic heterocycles. The number of benzene rings is 1. The number of para-hydroxylation sites is 1. The molecule has 1 unspecified atom stereocenters. The molecule has 0 bridgehead atoms. The molecule has 0 radical (unpaired) electrons. The zero-order chi connectivity index (χ0) is 19.1. The number of hydrogen-bond acceptors (Lipinski definition) is 5. The van der Waals surface area contributed by atoms with Crippen molar-refractivity contribution in [2.45, 2.75) is 26.3 Å². The minimum atomic E-state index is -0.618. The van der Waals surface area contributed by atoms with Gasteiger partial charge in [0.15, 0.2) is 0 Å². The maximum atomic E-state index is 13.9. The van der Waals surface area contributed by atoms with E-state index in [1.165, 1.54) is 13.2 Å². The summed E-state index contributed by atoms with van der Waals surface area (Å²) in [5.41, 5.74) is 0.597. The average Bonchev–Trinajstić information content (AvgIpc) is 2.61. The number of piperazine rings is 1. The minimum absolute atomic E-state index is 0.194. The quantitative estimate of drug-likeness (QED) is 0.745. The van der Waals surface area contributed by atoms with Gasteiger partial charge in [0, 0.05) is 26.2 Å². The fourth-order valence-electron chi connectivity index (χ4n) is 3.13. The number of methoxy groups -OCH3 is 1. The molecule has 2 rings (SSSR count). The summed E-state index contributed by atoms with van der Waals surface area (Å²) >= 11 is 0. The van der Waals surface area contributed by atoms with Crippen LogP contribution in [-0.4, -0.2) is 62.7 Å². The molecule has 7 heteroatoms. The van der Waals surface area contributed by atoms with Crippen LogP contribution in [-0.2, 0) is 14.3 Å². The van der Waals surface area contributed by atoms with Crippen LogP contribution in [0.1, 0.15) is 20.3 Å². The third-order valence-corrected chi connectivity index (χ3v) is 4.46. The molecule has 1 heterocycles. The fraction of sp³-hybridized carbons (Fsp3) is 0.579. The van der Waals surface area contributed by atoms with Crippen LogP contribution in [0.25, 0.3) is 0 Å². The molecular weight excluding hydrogens is 337 g/mol. The molecule has 1 atom stereocenters. The van der Waals surface area contributed by atoms with Crippen LogP contribution in [0.15, 0.2) is 24.3 Å². The van der Waals surface area contributed by atoms with Crippen LogP contribution < -0.4 is 10.2 Å². The molecule has 1 fully saturated rings. The monoisotopic (exact) mass is 365 g/mol. The van der Waals surface area contributed by atoms with Crippen molar-refractivity contribution in [3.05, 3.63) is 30.1 Å². The third-order valence-electron chi connectivity index (χ3n) is 4.46. The number of halogens is 1. The average molecular weight is 365 g/mol. The van der Waals surface area contributed by atoms with E-state index in [1.807, 2.05) is 29.7 Å². The summed E-state index contributed by atoms with van der Waals surface area (Å²) in [5, 5.41) is 2.77. The van der Waals surface area contributed by atoms with Crippen LogP contribution in [0.5, 0.6) is 0 Å². The maximum Gasteiger partial charge on any atom is 0.328 e. The number of hydrogen-bond donors (Lipinski definition) is 1. The van der Waals surface area contributed by atoms with Crippen LogP contribution >= 0.6 is 0 Å². The first kappa shape index (κ1) is 20.2. The van der Waals surface area contributed by atoms with Crippen molar-refractivity contribution in [3.63, 3.8) is 0 Å². The summed E-state index contributed by atoms with van der Waals surface area (Å²) in [6.07, 6.45) is 0.541. The molecule has 144 valence electrons. The van der Waals surface area contributed by atoms with Gasteiger partial charge in [-0.25, -0.2) is 9.18 Å². The first-order chi connectivity index (χ1) is 12.4. The van der Waals surface area contributed by atoms with Crippen molar-refractivity contribution < 1.29 is 18.7 Å². The molecule has 6 nitrogen and oxygen atoms in total. The third kappa shape index (κ3) is 5.69. The lowest BCUT2D eigenvalue weighted by atomic mass is 10.0. The summed E-state index contributed by atoms with van der Waals surface area (Å²) in [6, 6.07) is 6.10. The van der Waals surface area contributed by atoms with Gasteiger partial charge in [-0.1, -0.05) is 26.0 Å². The first-order valence-electron chi connectivity index (χ1n) is 8.99. The smallest absolute Gasteiger partial charge is 0.328 e. The number of esters is 1. The standard InChI is InChI=1S/C19H28FN3O3/c1-14(2)12-16(19(25)26-3)21-18(24)13-22-8-10-23(11-9-22)17-7-5-4-6-15(17)20/h4-7,14,16H,8-13H2,1-3H3,(H,21,24). The van der Waals surface area contributed by atoms with Gasteiger partial charge in [-0.2, -0.15) is 0 Å². The lowest BCUT2D eigenvalue weighted by molar-refractivity contribution is -0.145. The van der Waals surface area contributed by atoms with E-state index in [4.69, 9.17) is 4.74 Å². The Balaban J connectivity index is 1.83. The van der Waals surface area contributed by atoms with E-state index >= 15 is 0 Å². The van der Waals surface area contributed by atoms with E-state index in [1.54, 1.807) is 12.1 Å². The highest BCUT2D eigenvalue weighted by atomic mass is 19.1. The fourth-order valence-corrected chi connectivity index (χ4v) is 3.13. The van der Waals surface area contributed by atoms with Gasteiger partial charge >= 0.3 is 5.97 Å². The molecule has 1 aliphatic rings. The zero-order valence-electron chi connectivity index (χ0n) is 15.7. The van der Waals surface area contributed by atoms with Gasteiger partial charge in [0.05, 0.1) is 19.3 Å². The first-order valence-corrected chi connectivity index (χ1v) is 8.99. The molecule has 1 saturated heterocycles. The van der Waals surface area contributed by atoms with Crippen LogP contribution in [0.2, 0.25) is 0 Å². The Morgan fingerprint density at radius 3 is 2.42 bits per heavy atom. The molecule has 0 aliphatic carbocycles. The molecule has 0 aromatic heterocycles. The van der Waals surface area contributed by atoms with Crippen molar-refractivity contribution in [1.29, 1.82) is 0 Å². The molecule has 1 N–H and O–H groups in total. The van der Waals surface area contributed by atoms with Crippen molar-refractivity contribution >= 4 is 17.6 Å². The minimum Gasteiger partial charge on any atom is -0.467 e. The van der Waals surface area contributed by atoms with Gasteiger partial charge < -0.3 is 15.0 Å². The highest BCUT2D eigenvalue weighted by Gasteiger charge is 2.25. The van der Waals surface area contributed by atoms with Gasteiger partial charge in [-0.3, -0.25) is 9.69 Å². The lowest BCUT2D eigenvalue weighted by Gasteiger charge is -2.36. The Morgan fingerprint density at radius 2 is 1.85 bits per heavy atom. The number of carbonyl (C=O) groups is 2. The Kier molecular flexibility index (Phi) is 7.38. The molecule has 1 amide bonds. The Labute approximate surface area is 154 Å². The summed E-state index contributed by atoms with van der Waals surface area (Å²) < 4.78 is 18.6. The summed E-state index contributed by atoms with van der Waals surface area (Å²) in [6.45, 7) is 6.83. The van der Waals surface area contributed by atoms with E-state index in [0.717, 1.165) is 0 Å². The molecule has 1 aromatic rings. The van der Waals surface area contributed by atoms with Crippen molar-refractivity contribution in [2.75, 3.05) is 44.7 Å². The highest BCUT2D eigenvalue weighted by Crippen LogP contribution is 2.20. The largest absolute Gasteiger partial charge is 0.467 e. The topological polar surface area (TPSA) is 61.9 Å². The molecule has 1 aromatic carbocycles. The number of ether oxygens (including phenoxy) is 1. The number of amides is 1. The van der Waals surface area contributed by atoms with Crippen molar-refractivity contribution in [1.82, 2.24) is 10.2 Å². The molecular formula is C19H28FN3O3. The van der Waals surface area contributed by atoms with Gasteiger partial charge in [-0.05, 0) is 24.5 Å². The second-order valence-electron chi connectivity index (χ2n) is 6.99. The van der Waals surface area contributed by atoms with Crippen LogP contribution in [0, 0.1) is 11.7 Å². The number of carbonyl (C=O) groups excluding carboxylic acids is 2. The van der Waals surface area contributed by atoms with Gasteiger partial charge in [-0.15, -0.1) is 0 Å². The van der Waals surface area contributed by atoms with E-state index in [-0.39, 0.29) is 24.2 Å². The van der Waals surface area contributed by atoms with Crippen molar-refractivity contribution in [3.8, 4) is 0 Å². The molecule has 26 heavy (non-hydrogen) atoms.